The molecule has 2 nitrogen and oxygen atoms in total. The van der Waals surface area contributed by atoms with Crippen LogP contribution >= 0.6 is 0 Å². The van der Waals surface area contributed by atoms with E-state index in [1.54, 1.807) is 0 Å². The van der Waals surface area contributed by atoms with E-state index in [-0.39, 0.29) is 0 Å². The topological polar surface area (TPSA) is 24.1 Å². The summed E-state index contributed by atoms with van der Waals surface area (Å²) in [6.07, 6.45) is 7.69. The molecule has 0 bridgehead atoms. The molecule has 2 heteroatoms. The summed E-state index contributed by atoms with van der Waals surface area (Å²) in [7, 11) is 0. The fraction of sp³-hybridized carbons (Fsp3) is 0.250. The zero-order valence-electron chi connectivity index (χ0n) is 11.6. The van der Waals surface area contributed by atoms with E-state index in [4.69, 9.17) is 0 Å². The molecule has 0 aliphatic rings. The van der Waals surface area contributed by atoms with Gasteiger partial charge in [-0.05, 0) is 26.0 Å². The standard InChI is InChI=1S/C16H24N2/c1-13(2)7-9-15(5)17-11-12-18-16(6)10-8-14(3)4/h7-10,17-18H,1,3,5-6,11-12H2,2,4H3/b9-7-,10-8-. The van der Waals surface area contributed by atoms with E-state index in [2.05, 4.69) is 36.9 Å². The molecule has 0 saturated carbocycles. The van der Waals surface area contributed by atoms with Crippen LogP contribution in [0.15, 0.2) is 73.2 Å². The predicted octanol–water partition coefficient (Wildman–Crippen LogP) is 3.46. The molecule has 0 fully saturated rings. The lowest BCUT2D eigenvalue weighted by Crippen LogP contribution is -2.25. The molecule has 0 aliphatic heterocycles. The fourth-order valence-corrected chi connectivity index (χ4v) is 1.05. The van der Waals surface area contributed by atoms with Gasteiger partial charge in [0, 0.05) is 24.5 Å². The summed E-state index contributed by atoms with van der Waals surface area (Å²) in [5.41, 5.74) is 3.77. The third-order valence-corrected chi connectivity index (χ3v) is 1.97. The van der Waals surface area contributed by atoms with Gasteiger partial charge in [0.25, 0.3) is 0 Å². The smallest absolute Gasteiger partial charge is 0.0320 e. The maximum Gasteiger partial charge on any atom is 0.0320 e. The highest BCUT2D eigenvalue weighted by molar-refractivity contribution is 5.22. The number of allylic oxidation sites excluding steroid dienone is 6. The second-order valence-corrected chi connectivity index (χ2v) is 4.26. The van der Waals surface area contributed by atoms with E-state index in [0.29, 0.717) is 0 Å². The Labute approximate surface area is 111 Å². The number of hydrogen-bond donors (Lipinski definition) is 2. The van der Waals surface area contributed by atoms with Crippen LogP contribution in [0.4, 0.5) is 0 Å². The molecule has 0 aliphatic carbocycles. The van der Waals surface area contributed by atoms with E-state index < -0.39 is 0 Å². The number of hydrogen-bond acceptors (Lipinski definition) is 2. The van der Waals surface area contributed by atoms with Crippen molar-refractivity contribution >= 4 is 0 Å². The predicted molar refractivity (Wildman–Crippen MR) is 82.2 cm³/mol. The van der Waals surface area contributed by atoms with Crippen LogP contribution < -0.4 is 10.6 Å². The third kappa shape index (κ3) is 10.6. The lowest BCUT2D eigenvalue weighted by molar-refractivity contribution is 0.737. The molecular formula is C16H24N2. The molecule has 0 aromatic rings. The molecule has 0 aromatic carbocycles. The van der Waals surface area contributed by atoms with Crippen LogP contribution in [0.2, 0.25) is 0 Å². The van der Waals surface area contributed by atoms with Gasteiger partial charge in [0.1, 0.15) is 0 Å². The van der Waals surface area contributed by atoms with Crippen LogP contribution in [-0.2, 0) is 0 Å². The van der Waals surface area contributed by atoms with Gasteiger partial charge >= 0.3 is 0 Å². The minimum Gasteiger partial charge on any atom is -0.384 e. The molecule has 0 spiro atoms. The van der Waals surface area contributed by atoms with Gasteiger partial charge in [0.15, 0.2) is 0 Å². The zero-order valence-corrected chi connectivity index (χ0v) is 11.6. The highest BCUT2D eigenvalue weighted by Crippen LogP contribution is 1.95. The summed E-state index contributed by atoms with van der Waals surface area (Å²) in [6, 6.07) is 0. The Morgan fingerprint density at radius 2 is 1.06 bits per heavy atom. The molecule has 0 saturated heterocycles. The summed E-state index contributed by atoms with van der Waals surface area (Å²) >= 11 is 0. The van der Waals surface area contributed by atoms with Gasteiger partial charge in [-0.25, -0.2) is 0 Å². The van der Waals surface area contributed by atoms with Crippen LogP contribution in [0.5, 0.6) is 0 Å². The van der Waals surface area contributed by atoms with Crippen LogP contribution in [0, 0.1) is 0 Å². The van der Waals surface area contributed by atoms with E-state index in [1.165, 1.54) is 0 Å². The zero-order chi connectivity index (χ0) is 14.0. The summed E-state index contributed by atoms with van der Waals surface area (Å²) in [5.74, 6) is 0. The first-order valence-corrected chi connectivity index (χ1v) is 5.94. The summed E-state index contributed by atoms with van der Waals surface area (Å²) < 4.78 is 0. The average molecular weight is 244 g/mol. The molecule has 0 amide bonds. The van der Waals surface area contributed by atoms with E-state index >= 15 is 0 Å². The second kappa shape index (κ2) is 9.11. The first-order chi connectivity index (χ1) is 8.41. The summed E-state index contributed by atoms with van der Waals surface area (Å²) in [4.78, 5) is 0. The Bertz CT molecular complexity index is 346. The third-order valence-electron chi connectivity index (χ3n) is 1.97. The van der Waals surface area contributed by atoms with Gasteiger partial charge in [-0.3, -0.25) is 0 Å². The van der Waals surface area contributed by atoms with Gasteiger partial charge < -0.3 is 10.6 Å². The van der Waals surface area contributed by atoms with Gasteiger partial charge in [-0.1, -0.05) is 49.6 Å². The molecule has 0 rings (SSSR count). The maximum atomic E-state index is 3.89. The van der Waals surface area contributed by atoms with Crippen molar-refractivity contribution in [3.8, 4) is 0 Å². The first kappa shape index (κ1) is 16.0. The lowest BCUT2D eigenvalue weighted by Gasteiger charge is -2.08. The molecular weight excluding hydrogens is 220 g/mol. The first-order valence-electron chi connectivity index (χ1n) is 5.94. The highest BCUT2D eigenvalue weighted by Gasteiger charge is 1.89. The molecule has 98 valence electrons. The van der Waals surface area contributed by atoms with Gasteiger partial charge in [-0.15, -0.1) is 0 Å². The van der Waals surface area contributed by atoms with Crippen molar-refractivity contribution in [3.05, 3.63) is 73.2 Å². The van der Waals surface area contributed by atoms with Gasteiger partial charge in [0.05, 0.1) is 0 Å². The molecule has 0 unspecified atom stereocenters. The molecule has 0 atom stereocenters. The Hall–Kier alpha value is -1.96. The number of nitrogens with one attached hydrogen (secondary N) is 2. The minimum atomic E-state index is 0.791. The van der Waals surface area contributed by atoms with Crippen molar-refractivity contribution in [1.82, 2.24) is 10.6 Å². The number of rotatable bonds is 9. The van der Waals surface area contributed by atoms with E-state index in [0.717, 1.165) is 35.6 Å². The lowest BCUT2D eigenvalue weighted by atomic mass is 10.3. The molecule has 0 heterocycles. The van der Waals surface area contributed by atoms with Gasteiger partial charge in [0.2, 0.25) is 0 Å². The van der Waals surface area contributed by atoms with Gasteiger partial charge in [-0.2, -0.15) is 0 Å². The Kier molecular flexibility index (Phi) is 8.12. The van der Waals surface area contributed by atoms with Crippen molar-refractivity contribution < 1.29 is 0 Å². The normalized spacial score (nSPS) is 10.6. The second-order valence-electron chi connectivity index (χ2n) is 4.26. The van der Waals surface area contributed by atoms with Crippen LogP contribution in [-0.4, -0.2) is 13.1 Å². The van der Waals surface area contributed by atoms with Crippen molar-refractivity contribution in [3.63, 3.8) is 0 Å². The average Bonchev–Trinajstić information content (AvgIpc) is 2.29. The molecule has 0 radical (unpaired) electrons. The largest absolute Gasteiger partial charge is 0.384 e. The Morgan fingerprint density at radius 3 is 1.33 bits per heavy atom. The highest BCUT2D eigenvalue weighted by atomic mass is 14.9. The Morgan fingerprint density at radius 1 is 0.722 bits per heavy atom. The maximum absolute atomic E-state index is 3.89. The van der Waals surface area contributed by atoms with Crippen LogP contribution in [0.1, 0.15) is 13.8 Å². The summed E-state index contributed by atoms with van der Waals surface area (Å²) in [5, 5.41) is 6.38. The Balaban J connectivity index is 3.74. The van der Waals surface area contributed by atoms with Crippen molar-refractivity contribution in [2.45, 2.75) is 13.8 Å². The monoisotopic (exact) mass is 244 g/mol. The fourth-order valence-electron chi connectivity index (χ4n) is 1.05. The summed E-state index contributed by atoms with van der Waals surface area (Å²) in [6.45, 7) is 20.8. The quantitative estimate of drug-likeness (QED) is 0.479. The van der Waals surface area contributed by atoms with Crippen LogP contribution in [0.25, 0.3) is 0 Å². The van der Waals surface area contributed by atoms with Crippen molar-refractivity contribution in [2.75, 3.05) is 13.1 Å². The molecule has 0 aromatic heterocycles. The van der Waals surface area contributed by atoms with Crippen molar-refractivity contribution in [2.24, 2.45) is 0 Å². The SMILES string of the molecule is C=C(C)/C=C\C(=C)NCCNC(=C)/C=C\C(=C)C. The van der Waals surface area contributed by atoms with E-state index in [1.807, 2.05) is 38.2 Å². The minimum absolute atomic E-state index is 0.791. The van der Waals surface area contributed by atoms with Crippen LogP contribution in [0.3, 0.4) is 0 Å². The molecule has 2 N–H and O–H groups in total. The molecule has 18 heavy (non-hydrogen) atoms. The van der Waals surface area contributed by atoms with E-state index in [9.17, 15) is 0 Å². The van der Waals surface area contributed by atoms with Crippen molar-refractivity contribution in [1.29, 1.82) is 0 Å².